The van der Waals surface area contributed by atoms with Crippen LogP contribution in [0, 0.1) is 0 Å². The molecular formula is C24H19N3O2. The fourth-order valence-electron chi connectivity index (χ4n) is 4.00. The molecule has 0 unspecified atom stereocenters. The van der Waals surface area contributed by atoms with Gasteiger partial charge in [0.1, 0.15) is 5.65 Å². The van der Waals surface area contributed by atoms with E-state index in [1.165, 1.54) is 6.92 Å². The summed E-state index contributed by atoms with van der Waals surface area (Å²) >= 11 is 0. The van der Waals surface area contributed by atoms with Crippen molar-refractivity contribution in [1.82, 2.24) is 9.97 Å². The summed E-state index contributed by atoms with van der Waals surface area (Å²) in [6, 6.07) is 17.4. The molecule has 0 radical (unpaired) electrons. The highest BCUT2D eigenvalue weighted by atomic mass is 16.1. The standard InChI is InChI=1S/C24H19N3O2/c1-13(28)19-12-18-20(14-8-10-15(11-9-14)27(2)3)21-22(26-24(18)25-19)16-6-4-5-7-17(16)23(21)29/h4-12H,1-3H3,(H,25,26). The molecule has 0 bridgehead atoms. The molecule has 2 aromatic carbocycles. The number of nitrogens with zero attached hydrogens (tertiary/aromatic N) is 2. The first kappa shape index (κ1) is 17.4. The Kier molecular flexibility index (Phi) is 3.68. The average Bonchev–Trinajstić information content (AvgIpc) is 3.27. The Morgan fingerprint density at radius 2 is 1.66 bits per heavy atom. The lowest BCUT2D eigenvalue weighted by atomic mass is 9.95. The number of fused-ring (bicyclic) bond motifs is 4. The highest BCUT2D eigenvalue weighted by Gasteiger charge is 2.33. The number of Topliss-reactive ketones (excluding diaryl/α,β-unsaturated/α-hetero) is 1. The van der Waals surface area contributed by atoms with Crippen LogP contribution in [0.4, 0.5) is 5.69 Å². The third-order valence-electron chi connectivity index (χ3n) is 5.48. The SMILES string of the molecule is CC(=O)c1cc2c(-c3ccc(N(C)C)cc3)c3c(nc2[nH]1)-c1ccccc1C3=O. The van der Waals surface area contributed by atoms with Crippen molar-refractivity contribution >= 4 is 28.3 Å². The zero-order valence-electron chi connectivity index (χ0n) is 16.4. The van der Waals surface area contributed by atoms with E-state index in [9.17, 15) is 9.59 Å². The molecule has 5 heteroatoms. The molecule has 0 aliphatic heterocycles. The second-order valence-electron chi connectivity index (χ2n) is 7.53. The predicted octanol–water partition coefficient (Wildman–Crippen LogP) is 4.71. The number of carbonyl (C=O) groups is 2. The van der Waals surface area contributed by atoms with Crippen LogP contribution in [0.2, 0.25) is 0 Å². The quantitative estimate of drug-likeness (QED) is 0.460. The van der Waals surface area contributed by atoms with Gasteiger partial charge in [-0.25, -0.2) is 4.98 Å². The number of nitrogens with one attached hydrogen (secondary N) is 1. The number of anilines is 1. The van der Waals surface area contributed by atoms with E-state index in [4.69, 9.17) is 4.98 Å². The van der Waals surface area contributed by atoms with Gasteiger partial charge >= 0.3 is 0 Å². The van der Waals surface area contributed by atoms with Crippen LogP contribution >= 0.6 is 0 Å². The van der Waals surface area contributed by atoms with Crippen LogP contribution in [-0.4, -0.2) is 35.6 Å². The van der Waals surface area contributed by atoms with Gasteiger partial charge in [-0.05, 0) is 23.8 Å². The first-order valence-corrected chi connectivity index (χ1v) is 9.45. The van der Waals surface area contributed by atoms with Crippen molar-refractivity contribution in [2.24, 2.45) is 0 Å². The summed E-state index contributed by atoms with van der Waals surface area (Å²) in [7, 11) is 3.98. The molecule has 5 rings (SSSR count). The Morgan fingerprint density at radius 1 is 0.966 bits per heavy atom. The summed E-state index contributed by atoms with van der Waals surface area (Å²) in [5.41, 5.74) is 6.69. The van der Waals surface area contributed by atoms with Gasteiger partial charge in [-0.15, -0.1) is 0 Å². The van der Waals surface area contributed by atoms with Crippen LogP contribution in [0.3, 0.4) is 0 Å². The van der Waals surface area contributed by atoms with Gasteiger partial charge in [0.25, 0.3) is 0 Å². The minimum absolute atomic E-state index is 0.0257. The maximum absolute atomic E-state index is 13.3. The molecule has 0 spiro atoms. The van der Waals surface area contributed by atoms with Gasteiger partial charge in [0.15, 0.2) is 11.6 Å². The number of aromatic nitrogens is 2. The summed E-state index contributed by atoms with van der Waals surface area (Å²) in [5.74, 6) is -0.0916. The highest BCUT2D eigenvalue weighted by molar-refractivity contribution is 6.26. The zero-order valence-corrected chi connectivity index (χ0v) is 16.4. The number of hydrogen-bond donors (Lipinski definition) is 1. The Labute approximate surface area is 168 Å². The van der Waals surface area contributed by atoms with E-state index >= 15 is 0 Å². The molecule has 29 heavy (non-hydrogen) atoms. The molecule has 2 aromatic heterocycles. The molecule has 2 heterocycles. The third kappa shape index (κ3) is 2.51. The average molecular weight is 381 g/mol. The predicted molar refractivity (Wildman–Crippen MR) is 115 cm³/mol. The number of benzene rings is 2. The molecule has 0 fully saturated rings. The maximum atomic E-state index is 13.3. The van der Waals surface area contributed by atoms with Crippen molar-refractivity contribution < 1.29 is 9.59 Å². The molecule has 0 atom stereocenters. The summed E-state index contributed by atoms with van der Waals surface area (Å²) in [5, 5.41) is 0.785. The highest BCUT2D eigenvalue weighted by Crippen LogP contribution is 2.44. The van der Waals surface area contributed by atoms with Gasteiger partial charge in [-0.2, -0.15) is 0 Å². The molecule has 5 nitrogen and oxygen atoms in total. The number of H-pyrrole nitrogens is 1. The first-order chi connectivity index (χ1) is 14.0. The van der Waals surface area contributed by atoms with Crippen LogP contribution < -0.4 is 4.90 Å². The van der Waals surface area contributed by atoms with Crippen LogP contribution in [0.25, 0.3) is 33.4 Å². The fourth-order valence-corrected chi connectivity index (χ4v) is 4.00. The van der Waals surface area contributed by atoms with Crippen LogP contribution in [0.5, 0.6) is 0 Å². The van der Waals surface area contributed by atoms with Gasteiger partial charge in [-0.3, -0.25) is 9.59 Å². The number of rotatable bonds is 3. The molecule has 1 aliphatic rings. The Morgan fingerprint density at radius 3 is 2.31 bits per heavy atom. The van der Waals surface area contributed by atoms with Gasteiger partial charge in [0.2, 0.25) is 0 Å². The summed E-state index contributed by atoms with van der Waals surface area (Å²) in [6.07, 6.45) is 0. The van der Waals surface area contributed by atoms with E-state index in [1.54, 1.807) is 6.07 Å². The molecule has 142 valence electrons. The van der Waals surface area contributed by atoms with Crippen molar-refractivity contribution in [1.29, 1.82) is 0 Å². The van der Waals surface area contributed by atoms with Crippen molar-refractivity contribution in [2.45, 2.75) is 6.92 Å². The van der Waals surface area contributed by atoms with Gasteiger partial charge in [0.05, 0.1) is 17.0 Å². The molecule has 4 aromatic rings. The lowest BCUT2D eigenvalue weighted by Crippen LogP contribution is -2.08. The van der Waals surface area contributed by atoms with Crippen LogP contribution in [0.15, 0.2) is 54.6 Å². The first-order valence-electron chi connectivity index (χ1n) is 9.45. The van der Waals surface area contributed by atoms with E-state index in [1.807, 2.05) is 67.5 Å². The third-order valence-corrected chi connectivity index (χ3v) is 5.48. The molecule has 1 N–H and O–H groups in total. The summed E-state index contributed by atoms with van der Waals surface area (Å²) < 4.78 is 0. The van der Waals surface area contributed by atoms with E-state index in [0.29, 0.717) is 28.2 Å². The minimum Gasteiger partial charge on any atom is -0.378 e. The number of carbonyl (C=O) groups excluding carboxylic acids is 2. The lowest BCUT2D eigenvalue weighted by molar-refractivity contribution is 0.101. The second-order valence-corrected chi connectivity index (χ2v) is 7.53. The van der Waals surface area contributed by atoms with E-state index in [-0.39, 0.29) is 11.6 Å². The fraction of sp³-hybridized carbons (Fsp3) is 0.125. The largest absolute Gasteiger partial charge is 0.378 e. The Hall–Kier alpha value is -3.73. The Bertz CT molecular complexity index is 1310. The van der Waals surface area contributed by atoms with Crippen molar-refractivity contribution in [2.75, 3.05) is 19.0 Å². The molecule has 0 amide bonds. The van der Waals surface area contributed by atoms with E-state index < -0.39 is 0 Å². The minimum atomic E-state index is -0.0659. The van der Waals surface area contributed by atoms with E-state index in [2.05, 4.69) is 4.98 Å². The maximum Gasteiger partial charge on any atom is 0.196 e. The number of pyridine rings is 1. The number of hydrogen-bond acceptors (Lipinski definition) is 4. The van der Waals surface area contributed by atoms with Gasteiger partial charge in [-0.1, -0.05) is 36.4 Å². The zero-order chi connectivity index (χ0) is 20.3. The topological polar surface area (TPSA) is 66.1 Å². The van der Waals surface area contributed by atoms with E-state index in [0.717, 1.165) is 27.8 Å². The number of aromatic amines is 1. The molecule has 0 saturated heterocycles. The molecular weight excluding hydrogens is 362 g/mol. The monoisotopic (exact) mass is 381 g/mol. The van der Waals surface area contributed by atoms with Crippen molar-refractivity contribution in [3.8, 4) is 22.4 Å². The van der Waals surface area contributed by atoms with Crippen LogP contribution in [0.1, 0.15) is 33.3 Å². The van der Waals surface area contributed by atoms with Crippen molar-refractivity contribution in [3.63, 3.8) is 0 Å². The van der Waals surface area contributed by atoms with Gasteiger partial charge < -0.3 is 9.88 Å². The van der Waals surface area contributed by atoms with Gasteiger partial charge in [0, 0.05) is 48.8 Å². The smallest absolute Gasteiger partial charge is 0.196 e. The summed E-state index contributed by atoms with van der Waals surface area (Å²) in [4.78, 5) is 35.2. The van der Waals surface area contributed by atoms with Crippen LogP contribution in [-0.2, 0) is 0 Å². The number of ketones is 2. The van der Waals surface area contributed by atoms with Crippen molar-refractivity contribution in [3.05, 3.63) is 71.4 Å². The molecule has 0 saturated carbocycles. The lowest BCUT2D eigenvalue weighted by Gasteiger charge is -2.14. The molecule has 1 aliphatic carbocycles. The Balaban J connectivity index is 1.86. The normalized spacial score (nSPS) is 12.2. The summed E-state index contributed by atoms with van der Waals surface area (Å²) in [6.45, 7) is 1.52. The second kappa shape index (κ2) is 6.14.